The van der Waals surface area contributed by atoms with Gasteiger partial charge < -0.3 is 15.3 Å². The van der Waals surface area contributed by atoms with Crippen molar-refractivity contribution in [3.05, 3.63) is 48.3 Å². The molecule has 0 saturated carbocycles. The quantitative estimate of drug-likeness (QED) is 0.717. The van der Waals surface area contributed by atoms with Gasteiger partial charge >= 0.3 is 15.5 Å². The summed E-state index contributed by atoms with van der Waals surface area (Å²) in [7, 11) is -5.32. The van der Waals surface area contributed by atoms with Gasteiger partial charge in [-0.25, -0.2) is 18.4 Å². The van der Waals surface area contributed by atoms with Gasteiger partial charge in [-0.2, -0.15) is 17.5 Å². The second-order valence-electron chi connectivity index (χ2n) is 6.41. The molecule has 2 N–H and O–H groups in total. The van der Waals surface area contributed by atoms with Crippen molar-refractivity contribution in [2.24, 2.45) is 0 Å². The standard InChI is InChI=1S/C17H20F3N5O3S/c18-17(19,20)29(27,28)25-8-6-24(7-9-25)16-10-15(22-12-23-16)21-11-14(26)13-4-2-1-3-5-13/h1-5,10,12,14,26H,6-9,11H2,(H,21,22,23)/t14-/m0/s1. The predicted octanol–water partition coefficient (Wildman–Crippen LogP) is 1.59. The molecule has 1 atom stereocenters. The van der Waals surface area contributed by atoms with E-state index in [9.17, 15) is 26.7 Å². The van der Waals surface area contributed by atoms with Gasteiger partial charge in [-0.15, -0.1) is 0 Å². The van der Waals surface area contributed by atoms with Crippen molar-refractivity contribution in [2.75, 3.05) is 42.9 Å². The molecule has 1 fully saturated rings. The number of anilines is 2. The van der Waals surface area contributed by atoms with Gasteiger partial charge in [0.15, 0.2) is 0 Å². The lowest BCUT2D eigenvalue weighted by molar-refractivity contribution is -0.0490. The van der Waals surface area contributed by atoms with Crippen LogP contribution in [0.25, 0.3) is 0 Å². The van der Waals surface area contributed by atoms with Crippen LogP contribution in [0.5, 0.6) is 0 Å². The lowest BCUT2D eigenvalue weighted by atomic mass is 10.1. The molecule has 0 aliphatic carbocycles. The lowest BCUT2D eigenvalue weighted by Crippen LogP contribution is -2.52. The minimum absolute atomic E-state index is 0.0679. The van der Waals surface area contributed by atoms with Gasteiger partial charge in [-0.05, 0) is 5.56 Å². The van der Waals surface area contributed by atoms with E-state index in [0.29, 0.717) is 15.9 Å². The first kappa shape index (κ1) is 21.3. The van der Waals surface area contributed by atoms with Crippen molar-refractivity contribution in [3.8, 4) is 0 Å². The number of aliphatic hydroxyl groups is 1. The highest BCUT2D eigenvalue weighted by Crippen LogP contribution is 2.28. The Kier molecular flexibility index (Phi) is 6.24. The first-order chi connectivity index (χ1) is 13.7. The van der Waals surface area contributed by atoms with Gasteiger partial charge in [0.25, 0.3) is 0 Å². The Morgan fingerprint density at radius 3 is 2.38 bits per heavy atom. The van der Waals surface area contributed by atoms with Gasteiger partial charge in [-0.3, -0.25) is 0 Å². The average Bonchev–Trinajstić information content (AvgIpc) is 2.72. The molecule has 158 valence electrons. The zero-order valence-electron chi connectivity index (χ0n) is 15.2. The minimum Gasteiger partial charge on any atom is -0.387 e. The number of aliphatic hydroxyl groups excluding tert-OH is 1. The molecule has 29 heavy (non-hydrogen) atoms. The second-order valence-corrected chi connectivity index (χ2v) is 8.34. The summed E-state index contributed by atoms with van der Waals surface area (Å²) in [5.74, 6) is 0.899. The monoisotopic (exact) mass is 431 g/mol. The minimum atomic E-state index is -5.32. The molecule has 3 rings (SSSR count). The third-order valence-corrected chi connectivity index (χ3v) is 6.14. The van der Waals surface area contributed by atoms with E-state index in [2.05, 4.69) is 15.3 Å². The molecule has 1 aromatic carbocycles. The molecule has 8 nitrogen and oxygen atoms in total. The van der Waals surface area contributed by atoms with Gasteiger partial charge in [0.05, 0.1) is 6.10 Å². The molecule has 2 heterocycles. The molecular weight excluding hydrogens is 411 g/mol. The number of hydrogen-bond acceptors (Lipinski definition) is 7. The number of nitrogens with one attached hydrogen (secondary N) is 1. The number of sulfonamides is 1. The van der Waals surface area contributed by atoms with Crippen LogP contribution >= 0.6 is 0 Å². The normalized spacial score (nSPS) is 17.2. The molecule has 0 amide bonds. The van der Waals surface area contributed by atoms with E-state index in [-0.39, 0.29) is 32.7 Å². The Hall–Kier alpha value is -2.44. The maximum atomic E-state index is 12.7. The van der Waals surface area contributed by atoms with Crippen molar-refractivity contribution >= 4 is 21.7 Å². The van der Waals surface area contributed by atoms with E-state index in [4.69, 9.17) is 0 Å². The number of piperazine rings is 1. The van der Waals surface area contributed by atoms with Crippen LogP contribution < -0.4 is 10.2 Å². The molecule has 1 aliphatic heterocycles. The summed E-state index contributed by atoms with van der Waals surface area (Å²) in [6, 6.07) is 10.7. The van der Waals surface area contributed by atoms with E-state index in [1.165, 1.54) is 6.33 Å². The van der Waals surface area contributed by atoms with Gasteiger partial charge in [-0.1, -0.05) is 30.3 Å². The molecule has 0 bridgehead atoms. The van der Waals surface area contributed by atoms with Gasteiger partial charge in [0.1, 0.15) is 18.0 Å². The fourth-order valence-corrected chi connectivity index (χ4v) is 3.85. The number of halogens is 3. The van der Waals surface area contributed by atoms with Crippen LogP contribution in [0.15, 0.2) is 42.7 Å². The van der Waals surface area contributed by atoms with Crippen LogP contribution in [0.1, 0.15) is 11.7 Å². The first-order valence-electron chi connectivity index (χ1n) is 8.79. The van der Waals surface area contributed by atoms with E-state index in [0.717, 1.165) is 5.56 Å². The number of rotatable bonds is 6. The number of aromatic nitrogens is 2. The Balaban J connectivity index is 1.59. The summed E-state index contributed by atoms with van der Waals surface area (Å²) >= 11 is 0. The topological polar surface area (TPSA) is 98.7 Å². The maximum Gasteiger partial charge on any atom is 0.511 e. The number of benzene rings is 1. The molecular formula is C17H20F3N5O3S. The maximum absolute atomic E-state index is 12.7. The summed E-state index contributed by atoms with van der Waals surface area (Å²) in [5, 5.41) is 13.2. The van der Waals surface area contributed by atoms with Crippen molar-refractivity contribution in [1.29, 1.82) is 0 Å². The Morgan fingerprint density at radius 1 is 1.10 bits per heavy atom. The van der Waals surface area contributed by atoms with Crippen molar-refractivity contribution in [3.63, 3.8) is 0 Å². The van der Waals surface area contributed by atoms with Crippen molar-refractivity contribution < 1.29 is 26.7 Å². The first-order valence-corrected chi connectivity index (χ1v) is 10.2. The van der Waals surface area contributed by atoms with Crippen LogP contribution in [-0.4, -0.2) is 66.0 Å². The molecule has 1 saturated heterocycles. The van der Waals surface area contributed by atoms with Crippen LogP contribution in [0.2, 0.25) is 0 Å². The third-order valence-electron chi connectivity index (χ3n) is 4.51. The molecule has 2 aromatic rings. The Labute approximate surface area is 166 Å². The number of nitrogens with zero attached hydrogens (tertiary/aromatic N) is 4. The summed E-state index contributed by atoms with van der Waals surface area (Å²) in [5.41, 5.74) is -4.56. The Bertz CT molecular complexity index is 919. The molecule has 12 heteroatoms. The molecule has 1 aliphatic rings. The smallest absolute Gasteiger partial charge is 0.387 e. The highest BCUT2D eigenvalue weighted by Gasteiger charge is 2.50. The zero-order valence-corrected chi connectivity index (χ0v) is 16.1. The number of alkyl halides is 3. The fourth-order valence-electron chi connectivity index (χ4n) is 2.91. The van der Waals surface area contributed by atoms with Crippen LogP contribution in [-0.2, 0) is 10.0 Å². The largest absolute Gasteiger partial charge is 0.511 e. The third kappa shape index (κ3) is 4.95. The highest BCUT2D eigenvalue weighted by molar-refractivity contribution is 7.90. The molecule has 0 spiro atoms. The van der Waals surface area contributed by atoms with Gasteiger partial charge in [0.2, 0.25) is 0 Å². The number of hydrogen-bond donors (Lipinski definition) is 2. The summed E-state index contributed by atoms with van der Waals surface area (Å²) < 4.78 is 61.4. The summed E-state index contributed by atoms with van der Waals surface area (Å²) in [6.45, 7) is -0.239. The Morgan fingerprint density at radius 2 is 1.76 bits per heavy atom. The predicted molar refractivity (Wildman–Crippen MR) is 101 cm³/mol. The van der Waals surface area contributed by atoms with Crippen LogP contribution in [0.4, 0.5) is 24.8 Å². The second kappa shape index (κ2) is 8.51. The van der Waals surface area contributed by atoms with Crippen LogP contribution in [0, 0.1) is 0 Å². The molecule has 0 unspecified atom stereocenters. The average molecular weight is 431 g/mol. The van der Waals surface area contributed by atoms with E-state index >= 15 is 0 Å². The SMILES string of the molecule is O=S(=O)(N1CCN(c2cc(NC[C@H](O)c3ccccc3)ncn2)CC1)C(F)(F)F. The highest BCUT2D eigenvalue weighted by atomic mass is 32.2. The van der Waals surface area contributed by atoms with E-state index < -0.39 is 21.6 Å². The molecule has 1 aromatic heterocycles. The zero-order chi connectivity index (χ0) is 21.1. The van der Waals surface area contributed by atoms with E-state index in [1.807, 2.05) is 18.2 Å². The molecule has 0 radical (unpaired) electrons. The summed E-state index contributed by atoms with van der Waals surface area (Å²) in [6.07, 6.45) is 0.552. The van der Waals surface area contributed by atoms with Crippen LogP contribution in [0.3, 0.4) is 0 Å². The summed E-state index contributed by atoms with van der Waals surface area (Å²) in [4.78, 5) is 9.86. The van der Waals surface area contributed by atoms with E-state index in [1.54, 1.807) is 23.1 Å². The lowest BCUT2D eigenvalue weighted by Gasteiger charge is -2.34. The fraction of sp³-hybridized carbons (Fsp3) is 0.412. The van der Waals surface area contributed by atoms with Crippen molar-refractivity contribution in [1.82, 2.24) is 14.3 Å². The van der Waals surface area contributed by atoms with Gasteiger partial charge in [0, 0.05) is 38.8 Å². The van der Waals surface area contributed by atoms with Crippen molar-refractivity contribution in [2.45, 2.75) is 11.6 Å².